The lowest BCUT2D eigenvalue weighted by molar-refractivity contribution is 0.00150. The molecule has 1 aromatic carbocycles. The van der Waals surface area contributed by atoms with Crippen molar-refractivity contribution >= 4 is 5.91 Å². The van der Waals surface area contributed by atoms with Gasteiger partial charge in [-0.25, -0.2) is 0 Å². The van der Waals surface area contributed by atoms with Crippen LogP contribution in [-0.4, -0.2) is 64.7 Å². The molecule has 4 aliphatic rings. The van der Waals surface area contributed by atoms with Crippen molar-refractivity contribution in [3.63, 3.8) is 0 Å². The highest BCUT2D eigenvalue weighted by atomic mass is 16.5. The van der Waals surface area contributed by atoms with Gasteiger partial charge in [-0.15, -0.1) is 0 Å². The van der Waals surface area contributed by atoms with Gasteiger partial charge in [0.15, 0.2) is 0 Å². The monoisotopic (exact) mass is 432 g/mol. The third kappa shape index (κ3) is 3.27. The number of fused-ring (bicyclic) bond motifs is 6. The number of nitrogens with one attached hydrogen (secondary N) is 1. The van der Waals surface area contributed by atoms with E-state index in [1.807, 2.05) is 24.3 Å². The lowest BCUT2D eigenvalue weighted by Crippen LogP contribution is -2.60. The van der Waals surface area contributed by atoms with E-state index in [-0.39, 0.29) is 11.9 Å². The number of carbonyl (C=O) groups excluding carboxylic acids is 1. The van der Waals surface area contributed by atoms with Crippen molar-refractivity contribution < 1.29 is 9.53 Å². The molecule has 0 spiro atoms. The van der Waals surface area contributed by atoms with Gasteiger partial charge in [0.1, 0.15) is 5.75 Å². The maximum Gasteiger partial charge on any atom is 0.258 e. The van der Waals surface area contributed by atoms with Crippen LogP contribution in [0.5, 0.6) is 5.75 Å². The summed E-state index contributed by atoms with van der Waals surface area (Å²) in [6, 6.07) is 8.78. The Morgan fingerprint density at radius 2 is 2.03 bits per heavy atom. The lowest BCUT2D eigenvalue weighted by atomic mass is 9.68. The molecule has 6 nitrogen and oxygen atoms in total. The molecule has 168 valence electrons. The van der Waals surface area contributed by atoms with Crippen molar-refractivity contribution in [2.24, 2.45) is 11.8 Å². The van der Waals surface area contributed by atoms with Crippen LogP contribution in [0.3, 0.4) is 0 Å². The number of aromatic nitrogens is 2. The molecule has 1 amide bonds. The molecule has 4 heterocycles. The normalized spacial score (nSPS) is 29.7. The molecule has 0 radical (unpaired) electrons. The van der Waals surface area contributed by atoms with Crippen LogP contribution < -0.4 is 4.74 Å². The summed E-state index contributed by atoms with van der Waals surface area (Å²) in [7, 11) is 1.66. The van der Waals surface area contributed by atoms with Gasteiger partial charge in [-0.2, -0.15) is 5.10 Å². The Balaban J connectivity index is 1.31. The van der Waals surface area contributed by atoms with E-state index in [0.29, 0.717) is 17.4 Å². The number of ether oxygens (including phenoxy) is 1. The number of rotatable bonds is 3. The number of benzene rings is 1. The third-order valence-electron chi connectivity index (χ3n) is 8.17. The molecule has 32 heavy (non-hydrogen) atoms. The van der Waals surface area contributed by atoms with Gasteiger partial charge in [-0.05, 0) is 74.8 Å². The molecule has 3 fully saturated rings. The Hall–Kier alpha value is -2.60. The zero-order valence-corrected chi connectivity index (χ0v) is 18.8. The zero-order valence-electron chi connectivity index (χ0n) is 18.8. The Morgan fingerprint density at radius 3 is 2.88 bits per heavy atom. The van der Waals surface area contributed by atoms with Crippen molar-refractivity contribution in [3.05, 3.63) is 47.7 Å². The van der Waals surface area contributed by atoms with Crippen molar-refractivity contribution in [1.29, 1.82) is 0 Å². The van der Waals surface area contributed by atoms with Crippen molar-refractivity contribution in [3.8, 4) is 17.0 Å². The smallest absolute Gasteiger partial charge is 0.258 e. The van der Waals surface area contributed by atoms with Crippen LogP contribution in [0.2, 0.25) is 0 Å². The average molecular weight is 433 g/mol. The molecule has 3 saturated heterocycles. The van der Waals surface area contributed by atoms with Gasteiger partial charge in [0.2, 0.25) is 0 Å². The third-order valence-corrected chi connectivity index (χ3v) is 8.17. The first kappa shape index (κ1) is 20.0. The van der Waals surface area contributed by atoms with Crippen molar-refractivity contribution in [2.45, 2.75) is 50.6 Å². The van der Waals surface area contributed by atoms with E-state index in [0.717, 1.165) is 49.0 Å². The number of methoxy groups -OCH3 is 1. The van der Waals surface area contributed by atoms with E-state index in [1.54, 1.807) is 13.3 Å². The zero-order chi connectivity index (χ0) is 21.7. The fraction of sp³-hybridized carbons (Fsp3) is 0.538. The van der Waals surface area contributed by atoms with E-state index in [9.17, 15) is 4.79 Å². The van der Waals surface area contributed by atoms with Gasteiger partial charge < -0.3 is 9.64 Å². The van der Waals surface area contributed by atoms with Crippen LogP contribution in [0, 0.1) is 11.8 Å². The number of aromatic amines is 1. The molecule has 0 unspecified atom stereocenters. The standard InChI is InChI=1S/C26H32N4O2/c1-32-21-9-7-17(8-10-21)24-22(15-27-28-24)26(31)30-12-4-5-18-13-19-14-20(25(18)30)16-29-11-3-2-6-23(19)29/h7-10,13,15,19-20,23,25H,2-6,11-12,14,16H2,1H3,(H,27,28)/t19-,20-,23-,25+/m0/s1. The molecule has 6 heteroatoms. The topological polar surface area (TPSA) is 61.5 Å². The first-order valence-electron chi connectivity index (χ1n) is 12.2. The van der Waals surface area contributed by atoms with Gasteiger partial charge in [-0.1, -0.05) is 18.1 Å². The molecule has 0 saturated carbocycles. The lowest BCUT2D eigenvalue weighted by Gasteiger charge is -2.54. The van der Waals surface area contributed by atoms with Gasteiger partial charge in [-0.3, -0.25) is 14.8 Å². The molecular formula is C26H32N4O2. The number of carbonyl (C=O) groups is 1. The average Bonchev–Trinajstić information content (AvgIpc) is 3.33. The summed E-state index contributed by atoms with van der Waals surface area (Å²) in [5, 5.41) is 7.32. The molecule has 2 bridgehead atoms. The summed E-state index contributed by atoms with van der Waals surface area (Å²) in [5.41, 5.74) is 3.94. The summed E-state index contributed by atoms with van der Waals surface area (Å²) in [4.78, 5) is 18.8. The molecule has 6 rings (SSSR count). The highest BCUT2D eigenvalue weighted by Gasteiger charge is 2.47. The Kier molecular flexibility index (Phi) is 5.05. The van der Waals surface area contributed by atoms with Gasteiger partial charge in [0.05, 0.1) is 30.6 Å². The van der Waals surface area contributed by atoms with E-state index < -0.39 is 0 Å². The minimum absolute atomic E-state index is 0.111. The van der Waals surface area contributed by atoms with Gasteiger partial charge >= 0.3 is 0 Å². The number of hydrogen-bond acceptors (Lipinski definition) is 4. The maximum absolute atomic E-state index is 13.9. The van der Waals surface area contributed by atoms with E-state index >= 15 is 0 Å². The summed E-state index contributed by atoms with van der Waals surface area (Å²) >= 11 is 0. The first-order chi connectivity index (χ1) is 15.7. The predicted molar refractivity (Wildman–Crippen MR) is 124 cm³/mol. The molecule has 4 atom stereocenters. The van der Waals surface area contributed by atoms with Crippen LogP contribution in [0.4, 0.5) is 0 Å². The second kappa shape index (κ2) is 8.07. The van der Waals surface area contributed by atoms with Gasteiger partial charge in [0.25, 0.3) is 5.91 Å². The Labute approximate surface area is 189 Å². The van der Waals surface area contributed by atoms with Crippen LogP contribution in [0.25, 0.3) is 11.3 Å². The van der Waals surface area contributed by atoms with Crippen LogP contribution in [-0.2, 0) is 0 Å². The second-order valence-electron chi connectivity index (χ2n) is 9.89. The Morgan fingerprint density at radius 1 is 1.16 bits per heavy atom. The SMILES string of the molecule is COc1ccc(-c2[nH]ncc2C(=O)N2CCCC3=C[C@H]4C[C@@H](CN5CCCC[C@@H]45)[C@@H]32)cc1. The molecule has 3 aliphatic heterocycles. The largest absolute Gasteiger partial charge is 0.497 e. The van der Waals surface area contributed by atoms with E-state index in [2.05, 4.69) is 26.1 Å². The Bertz CT molecular complexity index is 1030. The number of amides is 1. The van der Waals surface area contributed by atoms with E-state index in [4.69, 9.17) is 4.74 Å². The highest BCUT2D eigenvalue weighted by Crippen LogP contribution is 2.45. The minimum Gasteiger partial charge on any atom is -0.497 e. The fourth-order valence-electron chi connectivity index (χ4n) is 6.78. The summed E-state index contributed by atoms with van der Waals surface area (Å²) < 4.78 is 5.28. The number of nitrogens with zero attached hydrogens (tertiary/aromatic N) is 3. The predicted octanol–water partition coefficient (Wildman–Crippen LogP) is 4.12. The highest BCUT2D eigenvalue weighted by molar-refractivity contribution is 6.00. The number of likely N-dealkylation sites (tertiary alicyclic amines) is 1. The van der Waals surface area contributed by atoms with Crippen molar-refractivity contribution in [1.82, 2.24) is 20.0 Å². The molecule has 1 aromatic heterocycles. The molecule has 2 aromatic rings. The summed E-state index contributed by atoms with van der Waals surface area (Å²) in [5.74, 6) is 2.14. The summed E-state index contributed by atoms with van der Waals surface area (Å²) in [6.45, 7) is 3.20. The molecular weight excluding hydrogens is 400 g/mol. The maximum atomic E-state index is 13.9. The first-order valence-corrected chi connectivity index (χ1v) is 12.2. The van der Waals surface area contributed by atoms with E-state index in [1.165, 1.54) is 37.8 Å². The minimum atomic E-state index is 0.111. The number of piperidine rings is 3. The number of hydrogen-bond donors (Lipinski definition) is 1. The quantitative estimate of drug-likeness (QED) is 0.741. The van der Waals surface area contributed by atoms with Crippen molar-refractivity contribution in [2.75, 3.05) is 26.7 Å². The van der Waals surface area contributed by atoms with Gasteiger partial charge in [0, 0.05) is 24.7 Å². The summed E-state index contributed by atoms with van der Waals surface area (Å²) in [6.07, 6.45) is 11.7. The fourth-order valence-corrected chi connectivity index (χ4v) is 6.78. The molecule has 1 aliphatic carbocycles. The number of H-pyrrole nitrogens is 1. The van der Waals surface area contributed by atoms with Crippen LogP contribution >= 0.6 is 0 Å². The van der Waals surface area contributed by atoms with Crippen LogP contribution in [0.1, 0.15) is 48.9 Å². The van der Waals surface area contributed by atoms with Crippen LogP contribution in [0.15, 0.2) is 42.1 Å². The molecule has 1 N–H and O–H groups in total. The second-order valence-corrected chi connectivity index (χ2v) is 9.89.